The number of sulfonamides is 1. The Hall–Kier alpha value is -1.77. The summed E-state index contributed by atoms with van der Waals surface area (Å²) in [6, 6.07) is 13.1. The van der Waals surface area contributed by atoms with Crippen LogP contribution in [0.1, 0.15) is 64.4 Å². The summed E-state index contributed by atoms with van der Waals surface area (Å²) in [5.41, 5.74) is 2.29. The molecule has 0 radical (unpaired) electrons. The van der Waals surface area contributed by atoms with Crippen LogP contribution in [0.4, 0.5) is 0 Å². The lowest BCUT2D eigenvalue weighted by Crippen LogP contribution is -2.56. The maximum absolute atomic E-state index is 13.8. The summed E-state index contributed by atoms with van der Waals surface area (Å²) >= 11 is 1.23. The number of aliphatic hydroxyl groups excluding tert-OH is 1. The molecule has 5 nitrogen and oxygen atoms in total. The van der Waals surface area contributed by atoms with Gasteiger partial charge in [0.15, 0.2) is 0 Å². The van der Waals surface area contributed by atoms with E-state index in [1.54, 1.807) is 17.5 Å². The third-order valence-electron chi connectivity index (χ3n) is 10.6. The van der Waals surface area contributed by atoms with E-state index >= 15 is 0 Å². The molecule has 4 aliphatic carbocycles. The first-order valence-corrected chi connectivity index (χ1v) is 16.3. The van der Waals surface area contributed by atoms with Crippen molar-refractivity contribution in [3.05, 3.63) is 76.7 Å². The number of hydrogen-bond donors (Lipinski definition) is 2. The molecule has 38 heavy (non-hydrogen) atoms. The van der Waals surface area contributed by atoms with Crippen LogP contribution in [-0.4, -0.2) is 41.2 Å². The lowest BCUT2D eigenvalue weighted by Gasteiger charge is -2.56. The molecule has 3 saturated carbocycles. The highest BCUT2D eigenvalue weighted by Gasteiger charge is 2.62. The summed E-state index contributed by atoms with van der Waals surface area (Å²) in [5, 5.41) is 24.5. The number of hydrogen-bond acceptors (Lipinski definition) is 5. The van der Waals surface area contributed by atoms with Crippen LogP contribution in [0.3, 0.4) is 0 Å². The predicted molar refractivity (Wildman–Crippen MR) is 151 cm³/mol. The topological polar surface area (TPSA) is 77.8 Å². The maximum Gasteiger partial charge on any atom is 0.252 e. The molecule has 1 aromatic heterocycles. The Bertz CT molecular complexity index is 1350. The highest BCUT2D eigenvalue weighted by molar-refractivity contribution is 7.91. The van der Waals surface area contributed by atoms with Gasteiger partial charge >= 0.3 is 0 Å². The van der Waals surface area contributed by atoms with E-state index in [9.17, 15) is 18.6 Å². The average Bonchev–Trinajstić information content (AvgIpc) is 3.53. The minimum atomic E-state index is -3.76. The van der Waals surface area contributed by atoms with Gasteiger partial charge in [-0.25, -0.2) is 8.42 Å². The van der Waals surface area contributed by atoms with E-state index in [-0.39, 0.29) is 30.5 Å². The maximum atomic E-state index is 13.8. The molecule has 1 aromatic carbocycles. The molecular formula is C31H39NO4S2. The number of thiophene rings is 1. The first-order chi connectivity index (χ1) is 18.1. The first kappa shape index (κ1) is 26.5. The van der Waals surface area contributed by atoms with Crippen molar-refractivity contribution in [1.29, 1.82) is 0 Å². The number of fused-ring (bicyclic) bond motifs is 5. The van der Waals surface area contributed by atoms with Crippen LogP contribution < -0.4 is 0 Å². The zero-order chi connectivity index (χ0) is 26.8. The fraction of sp³-hybridized carbons (Fsp3) is 0.548. The van der Waals surface area contributed by atoms with Crippen molar-refractivity contribution in [2.24, 2.45) is 22.7 Å². The molecule has 7 heteroatoms. The van der Waals surface area contributed by atoms with Gasteiger partial charge in [-0.2, -0.15) is 4.31 Å². The Labute approximate surface area is 230 Å². The number of allylic oxidation sites excluding steroid dienone is 3. The van der Waals surface area contributed by atoms with Gasteiger partial charge in [0.1, 0.15) is 4.21 Å². The zero-order valence-electron chi connectivity index (χ0n) is 22.3. The van der Waals surface area contributed by atoms with Gasteiger partial charge < -0.3 is 10.2 Å². The molecule has 0 bridgehead atoms. The van der Waals surface area contributed by atoms with Gasteiger partial charge in [-0.05, 0) is 79.2 Å². The average molecular weight is 554 g/mol. The third kappa shape index (κ3) is 4.08. The molecule has 0 amide bonds. The van der Waals surface area contributed by atoms with Crippen molar-refractivity contribution in [1.82, 2.24) is 4.31 Å². The van der Waals surface area contributed by atoms with Gasteiger partial charge in [-0.1, -0.05) is 73.5 Å². The number of rotatable bonds is 6. The first-order valence-electron chi connectivity index (χ1n) is 14.0. The van der Waals surface area contributed by atoms with Crippen LogP contribution in [0.2, 0.25) is 0 Å². The minimum absolute atomic E-state index is 0.0766. The Morgan fingerprint density at radius 2 is 1.74 bits per heavy atom. The Balaban J connectivity index is 1.33. The summed E-state index contributed by atoms with van der Waals surface area (Å²) in [4.78, 5) is 0. The van der Waals surface area contributed by atoms with Crippen LogP contribution in [0.5, 0.6) is 0 Å². The van der Waals surface area contributed by atoms with Crippen molar-refractivity contribution in [3.63, 3.8) is 0 Å². The lowest BCUT2D eigenvalue weighted by molar-refractivity contribution is -0.0933. The second-order valence-corrected chi connectivity index (χ2v) is 15.6. The normalized spacial score (nSPS) is 36.7. The standard InChI is InChI=1S/C31H39NO4S2/c1-29-15-12-24(33)19-23(29)10-11-25-26(29)13-16-30(2)27(25)14-17-31(30,34)21-32(20-22-7-4-3-5-8-22)38(35,36)28-9-6-18-37-28/h3-11,18,24,26-27,33-34H,12-17,19-21H2,1-2H3/t24-,26-,27-,29-,30-,31+/m0/s1. The van der Waals surface area contributed by atoms with Crippen molar-refractivity contribution < 1.29 is 18.6 Å². The van der Waals surface area contributed by atoms with E-state index in [0.717, 1.165) is 44.1 Å². The summed E-state index contributed by atoms with van der Waals surface area (Å²) in [5.74, 6) is 0.668. The van der Waals surface area contributed by atoms with Gasteiger partial charge in [-0.15, -0.1) is 11.3 Å². The van der Waals surface area contributed by atoms with E-state index in [4.69, 9.17) is 0 Å². The van der Waals surface area contributed by atoms with E-state index in [2.05, 4.69) is 26.0 Å². The van der Waals surface area contributed by atoms with Crippen molar-refractivity contribution >= 4 is 21.4 Å². The quantitative estimate of drug-likeness (QED) is 0.466. The van der Waals surface area contributed by atoms with Gasteiger partial charge in [0.2, 0.25) is 0 Å². The van der Waals surface area contributed by atoms with Gasteiger partial charge in [0.25, 0.3) is 10.0 Å². The van der Waals surface area contributed by atoms with E-state index in [1.165, 1.54) is 26.8 Å². The van der Waals surface area contributed by atoms with Crippen LogP contribution >= 0.6 is 11.3 Å². The van der Waals surface area contributed by atoms with Crippen LogP contribution in [0, 0.1) is 22.7 Å². The molecule has 2 aromatic rings. The molecule has 0 unspecified atom stereocenters. The second-order valence-electron chi connectivity index (χ2n) is 12.5. The molecule has 0 spiro atoms. The summed E-state index contributed by atoms with van der Waals surface area (Å²) in [7, 11) is -3.76. The van der Waals surface area contributed by atoms with Crippen LogP contribution in [0.15, 0.2) is 75.4 Å². The predicted octanol–water partition coefficient (Wildman–Crippen LogP) is 5.91. The fourth-order valence-electron chi connectivity index (χ4n) is 8.20. The van der Waals surface area contributed by atoms with Gasteiger partial charge in [0.05, 0.1) is 11.7 Å². The van der Waals surface area contributed by atoms with Crippen LogP contribution in [-0.2, 0) is 16.6 Å². The molecule has 3 fully saturated rings. The highest BCUT2D eigenvalue weighted by Crippen LogP contribution is 2.66. The Morgan fingerprint density at radius 1 is 0.974 bits per heavy atom. The molecule has 4 aliphatic rings. The SMILES string of the molecule is C[C@]12CC[C@H](O)CC1=CC=C1[C@@H]2CC[C@@]2(C)[C@H]1CC[C@@]2(O)CN(Cc1ccccc1)S(=O)(=O)c1cccs1. The number of benzene rings is 1. The van der Waals surface area contributed by atoms with E-state index in [1.807, 2.05) is 30.3 Å². The summed E-state index contributed by atoms with van der Waals surface area (Å²) < 4.78 is 29.5. The molecule has 2 N–H and O–H groups in total. The molecule has 204 valence electrons. The van der Waals surface area contributed by atoms with Crippen molar-refractivity contribution in [2.75, 3.05) is 6.54 Å². The minimum Gasteiger partial charge on any atom is -0.393 e. The third-order valence-corrected chi connectivity index (χ3v) is 13.8. The Morgan fingerprint density at radius 3 is 2.47 bits per heavy atom. The Kier molecular flexibility index (Phi) is 6.55. The molecule has 0 saturated heterocycles. The summed E-state index contributed by atoms with van der Waals surface area (Å²) in [6.07, 6.45) is 10.2. The molecule has 6 rings (SSSR count). The van der Waals surface area contributed by atoms with Crippen molar-refractivity contribution in [3.8, 4) is 0 Å². The van der Waals surface area contributed by atoms with E-state index < -0.39 is 21.0 Å². The second kappa shape index (κ2) is 9.41. The number of nitrogens with zero attached hydrogens (tertiary/aromatic N) is 1. The molecular weight excluding hydrogens is 514 g/mol. The lowest BCUT2D eigenvalue weighted by atomic mass is 9.50. The van der Waals surface area contributed by atoms with Crippen molar-refractivity contribution in [2.45, 2.75) is 81.3 Å². The monoisotopic (exact) mass is 553 g/mol. The molecule has 6 atom stereocenters. The molecule has 1 heterocycles. The fourth-order valence-corrected chi connectivity index (χ4v) is 10.8. The zero-order valence-corrected chi connectivity index (χ0v) is 24.0. The van der Waals surface area contributed by atoms with E-state index in [0.29, 0.717) is 16.5 Å². The largest absolute Gasteiger partial charge is 0.393 e. The molecule has 0 aliphatic heterocycles. The smallest absolute Gasteiger partial charge is 0.252 e. The highest BCUT2D eigenvalue weighted by atomic mass is 32.2. The number of aliphatic hydroxyl groups is 2. The van der Waals surface area contributed by atoms with Crippen LogP contribution in [0.25, 0.3) is 0 Å². The van der Waals surface area contributed by atoms with Gasteiger partial charge in [-0.3, -0.25) is 0 Å². The summed E-state index contributed by atoms with van der Waals surface area (Å²) in [6.45, 7) is 4.91. The van der Waals surface area contributed by atoms with Gasteiger partial charge in [0, 0.05) is 18.5 Å².